The predicted molar refractivity (Wildman–Crippen MR) is 124 cm³/mol. The van der Waals surface area contributed by atoms with Crippen LogP contribution in [0.15, 0.2) is 54.6 Å². The Balaban J connectivity index is 1.98. The van der Waals surface area contributed by atoms with Gasteiger partial charge in [-0.2, -0.15) is 0 Å². The van der Waals surface area contributed by atoms with Gasteiger partial charge in [0.2, 0.25) is 0 Å². The highest BCUT2D eigenvalue weighted by molar-refractivity contribution is 7.80. The van der Waals surface area contributed by atoms with Gasteiger partial charge in [0.25, 0.3) is 11.8 Å². The van der Waals surface area contributed by atoms with Crippen LogP contribution in [0.4, 0.5) is 0 Å². The van der Waals surface area contributed by atoms with E-state index in [1.54, 1.807) is 18.2 Å². The predicted octanol–water partition coefficient (Wildman–Crippen LogP) is 3.96. The molecule has 0 saturated carbocycles. The molecule has 0 aliphatic carbocycles. The molecule has 1 aliphatic heterocycles. The van der Waals surface area contributed by atoms with Crippen molar-refractivity contribution in [2.75, 3.05) is 6.61 Å². The molecule has 0 bridgehead atoms. The van der Waals surface area contributed by atoms with Gasteiger partial charge in [0, 0.05) is 10.6 Å². The van der Waals surface area contributed by atoms with Gasteiger partial charge in [-0.15, -0.1) is 6.58 Å². The second kappa shape index (κ2) is 10.2. The van der Waals surface area contributed by atoms with Crippen molar-refractivity contribution < 1.29 is 19.1 Å². The largest absolute Gasteiger partial charge is 0.490 e. The Morgan fingerprint density at radius 1 is 1.13 bits per heavy atom. The number of benzene rings is 2. The second-order valence-electron chi connectivity index (χ2n) is 6.65. The molecule has 1 saturated heterocycles. The minimum Gasteiger partial charge on any atom is -0.490 e. The van der Waals surface area contributed by atoms with Crippen LogP contribution in [0.5, 0.6) is 11.5 Å². The summed E-state index contributed by atoms with van der Waals surface area (Å²) in [4.78, 5) is 24.4. The summed E-state index contributed by atoms with van der Waals surface area (Å²) in [5.41, 5.74) is 2.29. The topological polar surface area (TPSA) is 76.7 Å². The van der Waals surface area contributed by atoms with Crippen LogP contribution in [0.3, 0.4) is 0 Å². The lowest BCUT2D eigenvalue weighted by molar-refractivity contribution is -0.123. The smallest absolute Gasteiger partial charge is 0.263 e. The molecular formula is C23H21ClN2O4S. The SMILES string of the molecule is C=CCc1cc(C=C2C(=O)NC(=S)NC2=O)cc(OCC)c1OCc1cccc(Cl)c1. The zero-order valence-corrected chi connectivity index (χ0v) is 18.4. The van der Waals surface area contributed by atoms with Crippen LogP contribution in [0.2, 0.25) is 5.02 Å². The summed E-state index contributed by atoms with van der Waals surface area (Å²) in [7, 11) is 0. The van der Waals surface area contributed by atoms with Crippen LogP contribution >= 0.6 is 23.8 Å². The van der Waals surface area contributed by atoms with E-state index in [9.17, 15) is 9.59 Å². The first-order chi connectivity index (χ1) is 14.9. The second-order valence-corrected chi connectivity index (χ2v) is 7.49. The number of thiocarbonyl (C=S) groups is 1. The van der Waals surface area contributed by atoms with Crippen molar-refractivity contribution in [2.45, 2.75) is 20.0 Å². The number of carbonyl (C=O) groups excluding carboxylic acids is 2. The summed E-state index contributed by atoms with van der Waals surface area (Å²) in [6, 6.07) is 11.0. The highest BCUT2D eigenvalue weighted by Crippen LogP contribution is 2.35. The van der Waals surface area contributed by atoms with Gasteiger partial charge < -0.3 is 9.47 Å². The molecule has 0 aromatic heterocycles. The lowest BCUT2D eigenvalue weighted by Gasteiger charge is -2.18. The van der Waals surface area contributed by atoms with Crippen molar-refractivity contribution in [1.82, 2.24) is 10.6 Å². The minimum atomic E-state index is -0.557. The molecule has 2 amide bonds. The Hall–Kier alpha value is -3.16. The van der Waals surface area contributed by atoms with E-state index in [1.165, 1.54) is 6.08 Å². The molecule has 0 radical (unpaired) electrons. The average Bonchev–Trinajstić information content (AvgIpc) is 2.70. The minimum absolute atomic E-state index is 0.0146. The van der Waals surface area contributed by atoms with E-state index in [-0.39, 0.29) is 10.7 Å². The third-order valence-corrected chi connectivity index (χ3v) is 4.78. The molecule has 0 unspecified atom stereocenters. The number of hydrogen-bond donors (Lipinski definition) is 2. The monoisotopic (exact) mass is 456 g/mol. The van der Waals surface area contributed by atoms with Crippen molar-refractivity contribution in [3.63, 3.8) is 0 Å². The summed E-state index contributed by atoms with van der Waals surface area (Å²) < 4.78 is 11.9. The standard InChI is InChI=1S/C23H21ClN2O4S/c1-3-6-16-9-15(11-18-21(27)25-23(31)26-22(18)28)12-19(29-4-2)20(16)30-13-14-7-5-8-17(24)10-14/h3,5,7-12H,1,4,6,13H2,2H3,(H2,25,26,27,28,31). The molecular weight excluding hydrogens is 436 g/mol. The van der Waals surface area contributed by atoms with E-state index in [0.29, 0.717) is 41.7 Å². The normalized spacial score (nSPS) is 13.4. The zero-order valence-electron chi connectivity index (χ0n) is 16.9. The average molecular weight is 457 g/mol. The number of allylic oxidation sites excluding steroid dienone is 1. The Morgan fingerprint density at radius 2 is 1.87 bits per heavy atom. The number of carbonyl (C=O) groups is 2. The number of ether oxygens (including phenoxy) is 2. The number of hydrogen-bond acceptors (Lipinski definition) is 5. The molecule has 1 aliphatic rings. The molecule has 2 aromatic carbocycles. The van der Waals surface area contributed by atoms with Gasteiger partial charge in [-0.05, 0) is 67.0 Å². The van der Waals surface area contributed by atoms with Gasteiger partial charge in [0.1, 0.15) is 12.2 Å². The first-order valence-corrected chi connectivity index (χ1v) is 10.4. The first-order valence-electron chi connectivity index (χ1n) is 9.57. The maximum absolute atomic E-state index is 12.2. The van der Waals surface area contributed by atoms with Crippen LogP contribution in [0.25, 0.3) is 6.08 Å². The molecule has 31 heavy (non-hydrogen) atoms. The summed E-state index contributed by atoms with van der Waals surface area (Å²) in [6.45, 7) is 6.38. The fourth-order valence-electron chi connectivity index (χ4n) is 3.06. The molecule has 1 heterocycles. The lowest BCUT2D eigenvalue weighted by atomic mass is 10.0. The first kappa shape index (κ1) is 22.5. The fraction of sp³-hybridized carbons (Fsp3) is 0.174. The number of halogens is 1. The van der Waals surface area contributed by atoms with Gasteiger partial charge in [-0.1, -0.05) is 29.8 Å². The van der Waals surface area contributed by atoms with Crippen molar-refractivity contribution >= 4 is 46.8 Å². The number of amides is 2. The summed E-state index contributed by atoms with van der Waals surface area (Å²) >= 11 is 10.9. The molecule has 6 nitrogen and oxygen atoms in total. The third-order valence-electron chi connectivity index (χ3n) is 4.34. The molecule has 2 aromatic rings. The third kappa shape index (κ3) is 5.71. The van der Waals surface area contributed by atoms with Crippen molar-refractivity contribution in [2.24, 2.45) is 0 Å². The maximum atomic E-state index is 12.2. The molecule has 1 fully saturated rings. The molecule has 0 atom stereocenters. The van der Waals surface area contributed by atoms with Crippen LogP contribution in [0.1, 0.15) is 23.6 Å². The van der Waals surface area contributed by atoms with Crippen LogP contribution in [-0.4, -0.2) is 23.5 Å². The van der Waals surface area contributed by atoms with Crippen molar-refractivity contribution in [1.29, 1.82) is 0 Å². The van der Waals surface area contributed by atoms with Gasteiger partial charge in [0.05, 0.1) is 6.61 Å². The van der Waals surface area contributed by atoms with Gasteiger partial charge in [0.15, 0.2) is 16.6 Å². The Labute approximate surface area is 190 Å². The van der Waals surface area contributed by atoms with Gasteiger partial charge >= 0.3 is 0 Å². The fourth-order valence-corrected chi connectivity index (χ4v) is 3.45. The summed E-state index contributed by atoms with van der Waals surface area (Å²) in [6.07, 6.45) is 3.74. The van der Waals surface area contributed by atoms with Gasteiger partial charge in [-0.3, -0.25) is 20.2 Å². The Kier molecular flexibility index (Phi) is 7.44. The Morgan fingerprint density at radius 3 is 2.52 bits per heavy atom. The molecule has 160 valence electrons. The van der Waals surface area contributed by atoms with Crippen LogP contribution in [0, 0.1) is 0 Å². The van der Waals surface area contributed by atoms with E-state index in [0.717, 1.165) is 11.1 Å². The van der Waals surface area contributed by atoms with Gasteiger partial charge in [-0.25, -0.2) is 0 Å². The maximum Gasteiger partial charge on any atom is 0.263 e. The van der Waals surface area contributed by atoms with E-state index in [4.69, 9.17) is 33.3 Å². The highest BCUT2D eigenvalue weighted by atomic mass is 35.5. The van der Waals surface area contributed by atoms with E-state index < -0.39 is 11.8 Å². The Bertz CT molecular complexity index is 1060. The lowest BCUT2D eigenvalue weighted by Crippen LogP contribution is -2.51. The van der Waals surface area contributed by atoms with E-state index in [1.807, 2.05) is 31.2 Å². The molecule has 2 N–H and O–H groups in total. The van der Waals surface area contributed by atoms with Crippen molar-refractivity contribution in [3.8, 4) is 11.5 Å². The van der Waals surface area contributed by atoms with E-state index in [2.05, 4.69) is 17.2 Å². The van der Waals surface area contributed by atoms with Crippen LogP contribution < -0.4 is 20.1 Å². The van der Waals surface area contributed by atoms with Crippen molar-refractivity contribution in [3.05, 3.63) is 76.3 Å². The number of nitrogens with one attached hydrogen (secondary N) is 2. The zero-order chi connectivity index (χ0) is 22.4. The highest BCUT2D eigenvalue weighted by Gasteiger charge is 2.26. The van der Waals surface area contributed by atoms with E-state index >= 15 is 0 Å². The van der Waals surface area contributed by atoms with Crippen LogP contribution in [-0.2, 0) is 22.6 Å². The molecule has 8 heteroatoms. The quantitative estimate of drug-likeness (QED) is 0.272. The number of rotatable bonds is 8. The summed E-state index contributed by atoms with van der Waals surface area (Å²) in [5, 5.41) is 5.46. The molecule has 0 spiro atoms. The summed E-state index contributed by atoms with van der Waals surface area (Å²) in [5.74, 6) is -0.0398. The molecule has 3 rings (SSSR count).